The van der Waals surface area contributed by atoms with E-state index in [0.29, 0.717) is 6.04 Å². The van der Waals surface area contributed by atoms with E-state index in [1.54, 1.807) is 0 Å². The van der Waals surface area contributed by atoms with Crippen molar-refractivity contribution in [2.75, 3.05) is 11.9 Å². The zero-order valence-corrected chi connectivity index (χ0v) is 10.1. The van der Waals surface area contributed by atoms with Gasteiger partial charge in [0.05, 0.1) is 0 Å². The third-order valence-electron chi connectivity index (χ3n) is 1.84. The van der Waals surface area contributed by atoms with E-state index in [-0.39, 0.29) is 12.4 Å². The summed E-state index contributed by atoms with van der Waals surface area (Å²) in [6, 6.07) is 10.9. The lowest BCUT2D eigenvalue weighted by Crippen LogP contribution is -2.20. The predicted molar refractivity (Wildman–Crippen MR) is 63.9 cm³/mol. The number of benzene rings is 1. The number of hydrogen-bond acceptors (Lipinski definition) is 1. The van der Waals surface area contributed by atoms with Crippen LogP contribution in [0.4, 0.5) is 0 Å². The Morgan fingerprint density at radius 2 is 1.92 bits per heavy atom. The van der Waals surface area contributed by atoms with Crippen molar-refractivity contribution in [2.24, 2.45) is 0 Å². The van der Waals surface area contributed by atoms with Crippen LogP contribution in [0, 0.1) is 0 Å². The first-order chi connectivity index (χ1) is 5.84. The molecule has 1 unspecified atom stereocenters. The van der Waals surface area contributed by atoms with Gasteiger partial charge in [0.25, 0.3) is 0 Å². The summed E-state index contributed by atoms with van der Waals surface area (Å²) in [6.07, 6.45) is 0. The van der Waals surface area contributed by atoms with Gasteiger partial charge < -0.3 is 5.32 Å². The molecule has 1 aromatic carbocycles. The fraction of sp³-hybridized carbons (Fsp3) is 0.400. The Balaban J connectivity index is 0.00000144. The molecule has 0 aliphatic carbocycles. The first-order valence-corrected chi connectivity index (χ1v) is 5.31. The summed E-state index contributed by atoms with van der Waals surface area (Å²) in [5.74, 6) is 0. The second-order valence-electron chi connectivity index (χ2n) is 2.78. The summed E-state index contributed by atoms with van der Waals surface area (Å²) in [6.45, 7) is 3.19. The lowest BCUT2D eigenvalue weighted by atomic mass is 10.1. The lowest BCUT2D eigenvalue weighted by molar-refractivity contribution is 0.602. The largest absolute Gasteiger partial charge is 0.309 e. The van der Waals surface area contributed by atoms with E-state index in [0.717, 1.165) is 11.9 Å². The minimum absolute atomic E-state index is 0. The fourth-order valence-corrected chi connectivity index (χ4v) is 1.36. The average molecular weight is 265 g/mol. The number of alkyl halides is 1. The summed E-state index contributed by atoms with van der Waals surface area (Å²) in [4.78, 5) is 0. The molecule has 0 bridgehead atoms. The number of nitrogens with one attached hydrogen (secondary N) is 1. The highest BCUT2D eigenvalue weighted by Gasteiger charge is 2.01. The van der Waals surface area contributed by atoms with Gasteiger partial charge in [0.2, 0.25) is 0 Å². The Morgan fingerprint density at radius 3 is 2.46 bits per heavy atom. The first-order valence-electron chi connectivity index (χ1n) is 4.19. The van der Waals surface area contributed by atoms with Crippen LogP contribution in [-0.4, -0.2) is 11.9 Å². The van der Waals surface area contributed by atoms with Gasteiger partial charge in [-0.3, -0.25) is 0 Å². The Kier molecular flexibility index (Phi) is 7.33. The van der Waals surface area contributed by atoms with Crippen molar-refractivity contribution >= 4 is 28.3 Å². The van der Waals surface area contributed by atoms with Gasteiger partial charge in [-0.15, -0.1) is 12.4 Å². The molecule has 0 fully saturated rings. The molecule has 0 amide bonds. The highest BCUT2D eigenvalue weighted by molar-refractivity contribution is 9.09. The highest BCUT2D eigenvalue weighted by atomic mass is 79.9. The molecule has 0 aliphatic rings. The molecule has 0 spiro atoms. The molecule has 0 heterocycles. The van der Waals surface area contributed by atoms with Crippen molar-refractivity contribution in [3.8, 4) is 0 Å². The van der Waals surface area contributed by atoms with E-state index in [1.165, 1.54) is 5.56 Å². The first kappa shape index (κ1) is 12.9. The van der Waals surface area contributed by atoms with Crippen LogP contribution in [0.25, 0.3) is 0 Å². The topological polar surface area (TPSA) is 12.0 Å². The van der Waals surface area contributed by atoms with Gasteiger partial charge in [-0.2, -0.15) is 0 Å². The van der Waals surface area contributed by atoms with E-state index in [4.69, 9.17) is 0 Å². The van der Waals surface area contributed by atoms with Crippen LogP contribution in [0.5, 0.6) is 0 Å². The number of hydrogen-bond donors (Lipinski definition) is 1. The van der Waals surface area contributed by atoms with Crippen molar-refractivity contribution < 1.29 is 0 Å². The summed E-state index contributed by atoms with van der Waals surface area (Å²) in [7, 11) is 0. The Hall–Kier alpha value is -0.0500. The second kappa shape index (κ2) is 7.36. The van der Waals surface area contributed by atoms with Gasteiger partial charge in [-0.05, 0) is 12.5 Å². The minimum atomic E-state index is 0. The quantitative estimate of drug-likeness (QED) is 0.824. The smallest absolute Gasteiger partial charge is 0.0292 e. The summed E-state index contributed by atoms with van der Waals surface area (Å²) >= 11 is 3.39. The van der Waals surface area contributed by atoms with E-state index in [1.807, 2.05) is 6.07 Å². The average Bonchev–Trinajstić information content (AvgIpc) is 2.15. The normalized spacial score (nSPS) is 11.8. The fourth-order valence-electron chi connectivity index (χ4n) is 1.13. The van der Waals surface area contributed by atoms with Crippen molar-refractivity contribution in [3.63, 3.8) is 0 Å². The van der Waals surface area contributed by atoms with Gasteiger partial charge in [0.15, 0.2) is 0 Å². The van der Waals surface area contributed by atoms with Crippen LogP contribution >= 0.6 is 28.3 Å². The van der Waals surface area contributed by atoms with Crippen LogP contribution < -0.4 is 5.32 Å². The molecule has 1 atom stereocenters. The van der Waals surface area contributed by atoms with Gasteiger partial charge in [-0.25, -0.2) is 0 Å². The van der Waals surface area contributed by atoms with Crippen molar-refractivity contribution in [1.82, 2.24) is 5.32 Å². The SMILES string of the molecule is CC(NCCBr)c1ccccc1.Cl. The molecule has 3 heteroatoms. The summed E-state index contributed by atoms with van der Waals surface area (Å²) in [5.41, 5.74) is 1.35. The van der Waals surface area contributed by atoms with E-state index < -0.39 is 0 Å². The van der Waals surface area contributed by atoms with E-state index >= 15 is 0 Å². The molecule has 0 saturated carbocycles. The Morgan fingerprint density at radius 1 is 1.31 bits per heavy atom. The van der Waals surface area contributed by atoms with Gasteiger partial charge >= 0.3 is 0 Å². The van der Waals surface area contributed by atoms with Crippen LogP contribution in [0.1, 0.15) is 18.5 Å². The van der Waals surface area contributed by atoms with Crippen LogP contribution in [-0.2, 0) is 0 Å². The van der Waals surface area contributed by atoms with E-state index in [2.05, 4.69) is 52.4 Å². The molecular weight excluding hydrogens is 249 g/mol. The molecule has 0 aromatic heterocycles. The van der Waals surface area contributed by atoms with Crippen molar-refractivity contribution in [3.05, 3.63) is 35.9 Å². The number of halogens is 2. The van der Waals surface area contributed by atoms with Crippen LogP contribution in [0.2, 0.25) is 0 Å². The highest BCUT2D eigenvalue weighted by Crippen LogP contribution is 2.10. The van der Waals surface area contributed by atoms with Crippen molar-refractivity contribution in [1.29, 1.82) is 0 Å². The number of rotatable bonds is 4. The minimum Gasteiger partial charge on any atom is -0.309 e. The molecular formula is C10H15BrClN. The summed E-state index contributed by atoms with van der Waals surface area (Å²) in [5, 5.41) is 4.41. The second-order valence-corrected chi connectivity index (χ2v) is 3.57. The van der Waals surface area contributed by atoms with Crippen LogP contribution in [0.15, 0.2) is 30.3 Å². The summed E-state index contributed by atoms with van der Waals surface area (Å²) < 4.78 is 0. The maximum atomic E-state index is 3.40. The van der Waals surface area contributed by atoms with Gasteiger partial charge in [0, 0.05) is 17.9 Å². The maximum Gasteiger partial charge on any atom is 0.0292 e. The zero-order valence-electron chi connectivity index (χ0n) is 7.66. The molecule has 1 aromatic rings. The van der Waals surface area contributed by atoms with Gasteiger partial charge in [-0.1, -0.05) is 46.3 Å². The third-order valence-corrected chi connectivity index (χ3v) is 2.24. The molecule has 1 nitrogen and oxygen atoms in total. The van der Waals surface area contributed by atoms with E-state index in [9.17, 15) is 0 Å². The maximum absolute atomic E-state index is 3.40. The Labute approximate surface area is 94.5 Å². The molecule has 0 radical (unpaired) electrons. The lowest BCUT2D eigenvalue weighted by Gasteiger charge is -2.12. The standard InChI is InChI=1S/C10H14BrN.ClH/c1-9(12-8-7-11)10-5-3-2-4-6-10;/h2-6,9,12H,7-8H2,1H3;1H. The van der Waals surface area contributed by atoms with Gasteiger partial charge in [0.1, 0.15) is 0 Å². The molecule has 1 N–H and O–H groups in total. The van der Waals surface area contributed by atoms with Crippen molar-refractivity contribution in [2.45, 2.75) is 13.0 Å². The predicted octanol–water partition coefficient (Wildman–Crippen LogP) is 3.15. The third kappa shape index (κ3) is 4.65. The molecule has 0 aliphatic heterocycles. The monoisotopic (exact) mass is 263 g/mol. The van der Waals surface area contributed by atoms with Crippen LogP contribution in [0.3, 0.4) is 0 Å². The molecule has 74 valence electrons. The Bertz CT molecular complexity index is 215. The molecule has 13 heavy (non-hydrogen) atoms. The zero-order chi connectivity index (χ0) is 8.81. The molecule has 0 saturated heterocycles. The molecule has 1 rings (SSSR count).